The monoisotopic (exact) mass is 274 g/mol. The molecule has 20 heavy (non-hydrogen) atoms. The van der Waals surface area contributed by atoms with Gasteiger partial charge in [0.1, 0.15) is 11.5 Å². The van der Waals surface area contributed by atoms with Crippen LogP contribution < -0.4 is 10.6 Å². The summed E-state index contributed by atoms with van der Waals surface area (Å²) in [6.07, 6.45) is 1.54. The molecule has 0 radical (unpaired) electrons. The fourth-order valence-corrected chi connectivity index (χ4v) is 1.64. The molecule has 0 atom stereocenters. The lowest BCUT2D eigenvalue weighted by Crippen LogP contribution is -2.18. The van der Waals surface area contributed by atoms with Crippen LogP contribution in [0.5, 0.6) is 11.5 Å². The Bertz CT molecular complexity index is 649. The van der Waals surface area contributed by atoms with Gasteiger partial charge in [-0.25, -0.2) is 0 Å². The summed E-state index contributed by atoms with van der Waals surface area (Å²) in [4.78, 5) is 16.3. The second-order valence-corrected chi connectivity index (χ2v) is 4.15. The predicted octanol–water partition coefficient (Wildman–Crippen LogP) is 1.08. The van der Waals surface area contributed by atoms with Crippen LogP contribution in [0.3, 0.4) is 0 Å². The van der Waals surface area contributed by atoms with Crippen LogP contribution in [0.25, 0.3) is 0 Å². The Morgan fingerprint density at radius 2 is 2.35 bits per heavy atom. The van der Waals surface area contributed by atoms with E-state index in [1.54, 1.807) is 25.3 Å². The molecule has 104 valence electrons. The van der Waals surface area contributed by atoms with E-state index in [-0.39, 0.29) is 12.2 Å². The molecule has 7 nitrogen and oxygen atoms in total. The number of oxime groups is 1. The molecular formula is C13H14N4O3. The Morgan fingerprint density at radius 1 is 1.55 bits per heavy atom. The zero-order valence-electron chi connectivity index (χ0n) is 10.8. The number of hydrogen-bond donors (Lipinski definition) is 3. The minimum Gasteiger partial charge on any atom is -0.508 e. The summed E-state index contributed by atoms with van der Waals surface area (Å²) >= 11 is 0. The van der Waals surface area contributed by atoms with Crippen LogP contribution in [-0.4, -0.2) is 26.9 Å². The Balaban J connectivity index is 2.25. The van der Waals surface area contributed by atoms with Gasteiger partial charge >= 0.3 is 0 Å². The van der Waals surface area contributed by atoms with Crippen molar-refractivity contribution in [2.75, 3.05) is 0 Å². The van der Waals surface area contributed by atoms with Crippen LogP contribution in [0, 0.1) is 6.92 Å². The Labute approximate surface area is 115 Å². The number of aromatic amines is 1. The van der Waals surface area contributed by atoms with Gasteiger partial charge in [-0.3, -0.25) is 9.89 Å². The largest absolute Gasteiger partial charge is 0.508 e. The molecule has 0 spiro atoms. The molecule has 1 aromatic heterocycles. The number of hydrogen-bond acceptors (Lipinski definition) is 5. The van der Waals surface area contributed by atoms with Crippen LogP contribution in [0.1, 0.15) is 17.7 Å². The SMILES string of the molecule is Cc1n[nH]cc1/C(CC(N)=O)=N/Oc1cccc(O)c1. The maximum absolute atomic E-state index is 11.1. The zero-order valence-corrected chi connectivity index (χ0v) is 10.8. The number of aryl methyl sites for hydroxylation is 1. The fourth-order valence-electron chi connectivity index (χ4n) is 1.64. The first-order chi connectivity index (χ1) is 9.56. The molecule has 0 fully saturated rings. The number of nitrogens with two attached hydrogens (primary N) is 1. The molecule has 0 aliphatic heterocycles. The maximum atomic E-state index is 11.1. The highest BCUT2D eigenvalue weighted by molar-refractivity contribution is 6.10. The lowest BCUT2D eigenvalue weighted by Gasteiger charge is -2.04. The minimum absolute atomic E-state index is 0.0636. The first-order valence-corrected chi connectivity index (χ1v) is 5.88. The summed E-state index contributed by atoms with van der Waals surface area (Å²) in [7, 11) is 0. The van der Waals surface area contributed by atoms with E-state index in [1.807, 2.05) is 0 Å². The number of primary amides is 1. The van der Waals surface area contributed by atoms with E-state index in [0.29, 0.717) is 22.7 Å². The quantitative estimate of drug-likeness (QED) is 0.559. The molecule has 4 N–H and O–H groups in total. The fraction of sp³-hybridized carbons (Fsp3) is 0.154. The lowest BCUT2D eigenvalue weighted by molar-refractivity contribution is -0.116. The molecule has 0 bridgehead atoms. The maximum Gasteiger partial charge on any atom is 0.223 e. The number of rotatable bonds is 5. The van der Waals surface area contributed by atoms with Crippen molar-refractivity contribution in [3.05, 3.63) is 41.7 Å². The summed E-state index contributed by atoms with van der Waals surface area (Å²) in [5, 5.41) is 19.9. The van der Waals surface area contributed by atoms with Gasteiger partial charge < -0.3 is 15.7 Å². The molecule has 2 rings (SSSR count). The van der Waals surface area contributed by atoms with E-state index in [0.717, 1.165) is 0 Å². The topological polar surface area (TPSA) is 114 Å². The van der Waals surface area contributed by atoms with Crippen molar-refractivity contribution in [2.45, 2.75) is 13.3 Å². The average molecular weight is 274 g/mol. The van der Waals surface area contributed by atoms with Crippen LogP contribution in [0.15, 0.2) is 35.6 Å². The van der Waals surface area contributed by atoms with Crippen molar-refractivity contribution < 1.29 is 14.7 Å². The number of phenols is 1. The van der Waals surface area contributed by atoms with E-state index >= 15 is 0 Å². The number of H-pyrrole nitrogens is 1. The lowest BCUT2D eigenvalue weighted by atomic mass is 10.1. The molecule has 0 aliphatic carbocycles. The van der Waals surface area contributed by atoms with Crippen molar-refractivity contribution in [2.24, 2.45) is 10.9 Å². The van der Waals surface area contributed by atoms with Crippen molar-refractivity contribution in [1.29, 1.82) is 0 Å². The minimum atomic E-state index is -0.524. The summed E-state index contributed by atoms with van der Waals surface area (Å²) in [6.45, 7) is 1.77. The molecule has 2 aromatic rings. The smallest absolute Gasteiger partial charge is 0.223 e. The van der Waals surface area contributed by atoms with Gasteiger partial charge in [0, 0.05) is 17.8 Å². The van der Waals surface area contributed by atoms with Crippen molar-refractivity contribution >= 4 is 11.6 Å². The van der Waals surface area contributed by atoms with Gasteiger partial charge in [-0.15, -0.1) is 0 Å². The van der Waals surface area contributed by atoms with Crippen LogP contribution >= 0.6 is 0 Å². The van der Waals surface area contributed by atoms with E-state index in [1.165, 1.54) is 12.1 Å². The third-order valence-electron chi connectivity index (χ3n) is 2.56. The number of benzene rings is 1. The number of aromatic hydroxyl groups is 1. The summed E-state index contributed by atoms with van der Waals surface area (Å²) in [6, 6.07) is 6.18. The Hall–Kier alpha value is -2.83. The van der Waals surface area contributed by atoms with Gasteiger partial charge in [0.15, 0.2) is 5.75 Å². The molecule has 7 heteroatoms. The highest BCUT2D eigenvalue weighted by Gasteiger charge is 2.13. The molecule has 1 amide bonds. The molecule has 0 aliphatic rings. The molecule has 0 saturated heterocycles. The van der Waals surface area contributed by atoms with Crippen molar-refractivity contribution in [3.8, 4) is 11.5 Å². The number of nitrogens with one attached hydrogen (secondary N) is 1. The van der Waals surface area contributed by atoms with Gasteiger partial charge in [-0.05, 0) is 19.1 Å². The van der Waals surface area contributed by atoms with Gasteiger partial charge in [-0.1, -0.05) is 11.2 Å². The number of amides is 1. The van der Waals surface area contributed by atoms with E-state index in [2.05, 4.69) is 15.4 Å². The molecule has 0 unspecified atom stereocenters. The van der Waals surface area contributed by atoms with Gasteiger partial charge in [0.25, 0.3) is 0 Å². The highest BCUT2D eigenvalue weighted by Crippen LogP contribution is 2.18. The van der Waals surface area contributed by atoms with Crippen molar-refractivity contribution in [3.63, 3.8) is 0 Å². The first kappa shape index (κ1) is 13.6. The second kappa shape index (κ2) is 5.87. The standard InChI is InChI=1S/C13H14N4O3/c1-8-11(7-15-16-8)12(6-13(14)19)17-20-10-4-2-3-9(18)5-10/h2-5,7,18H,6H2,1H3,(H2,14,19)(H,15,16)/b17-12+. The second-order valence-electron chi connectivity index (χ2n) is 4.15. The van der Waals surface area contributed by atoms with Crippen LogP contribution in [0.2, 0.25) is 0 Å². The first-order valence-electron chi connectivity index (χ1n) is 5.88. The summed E-state index contributed by atoms with van der Waals surface area (Å²) in [5.41, 5.74) is 6.91. The molecule has 1 heterocycles. The number of carbonyl (C=O) groups is 1. The van der Waals surface area contributed by atoms with Gasteiger partial charge in [0.05, 0.1) is 12.1 Å². The third-order valence-corrected chi connectivity index (χ3v) is 2.56. The number of aromatic nitrogens is 2. The highest BCUT2D eigenvalue weighted by atomic mass is 16.6. The number of nitrogens with zero attached hydrogens (tertiary/aromatic N) is 2. The van der Waals surface area contributed by atoms with Crippen molar-refractivity contribution in [1.82, 2.24) is 10.2 Å². The third kappa shape index (κ3) is 3.35. The normalized spacial score (nSPS) is 11.3. The molecular weight excluding hydrogens is 260 g/mol. The van der Waals surface area contributed by atoms with Crippen LogP contribution in [-0.2, 0) is 4.79 Å². The molecule has 1 aromatic carbocycles. The van der Waals surface area contributed by atoms with E-state index in [4.69, 9.17) is 10.6 Å². The average Bonchev–Trinajstić information content (AvgIpc) is 2.80. The molecule has 0 saturated carbocycles. The summed E-state index contributed by atoms with van der Waals surface area (Å²) < 4.78 is 0. The number of phenolic OH excluding ortho intramolecular Hbond substituents is 1. The summed E-state index contributed by atoms with van der Waals surface area (Å²) in [5.74, 6) is -0.106. The van der Waals surface area contributed by atoms with E-state index < -0.39 is 5.91 Å². The predicted molar refractivity (Wildman–Crippen MR) is 72.4 cm³/mol. The van der Waals surface area contributed by atoms with Gasteiger partial charge in [-0.2, -0.15) is 5.10 Å². The Morgan fingerprint density at radius 3 is 2.95 bits per heavy atom. The van der Waals surface area contributed by atoms with E-state index in [9.17, 15) is 9.90 Å². The zero-order chi connectivity index (χ0) is 14.5. The van der Waals surface area contributed by atoms with Gasteiger partial charge in [0.2, 0.25) is 5.91 Å². The number of carbonyl (C=O) groups excluding carboxylic acids is 1. The van der Waals surface area contributed by atoms with Crippen LogP contribution in [0.4, 0.5) is 0 Å². The Kier molecular flexibility index (Phi) is 3.99.